The number of nitrogens with one attached hydrogen (secondary N) is 2. The molecular weight excluding hydrogens is 396 g/mol. The molecule has 0 radical (unpaired) electrons. The van der Waals surface area contributed by atoms with Crippen LogP contribution in [0.4, 0.5) is 11.4 Å². The SMILES string of the molecule is COc1ccccc1NC(=O)c1ccc2c(c1)[C@@H]1[C@H]3CC[C@@H](C3)[C@H]1[C@H](c1ccccc1)N2. The van der Waals surface area contributed by atoms with Crippen LogP contribution in [0.15, 0.2) is 72.8 Å². The summed E-state index contributed by atoms with van der Waals surface area (Å²) in [5.41, 5.74) is 5.27. The second kappa shape index (κ2) is 7.70. The summed E-state index contributed by atoms with van der Waals surface area (Å²) in [6, 6.07) is 24.9. The van der Waals surface area contributed by atoms with Crippen LogP contribution < -0.4 is 15.4 Å². The van der Waals surface area contributed by atoms with Crippen molar-refractivity contribution in [1.82, 2.24) is 0 Å². The van der Waals surface area contributed by atoms with Crippen LogP contribution in [0, 0.1) is 17.8 Å². The molecule has 0 unspecified atom stereocenters. The van der Waals surface area contributed by atoms with E-state index in [2.05, 4.69) is 53.1 Å². The number of carbonyl (C=O) groups is 1. The highest BCUT2D eigenvalue weighted by Gasteiger charge is 2.53. The van der Waals surface area contributed by atoms with E-state index in [0.717, 1.165) is 11.8 Å². The van der Waals surface area contributed by atoms with Gasteiger partial charge in [-0.1, -0.05) is 42.5 Å². The molecule has 1 amide bonds. The maximum atomic E-state index is 13.1. The lowest BCUT2D eigenvalue weighted by Crippen LogP contribution is -2.35. The lowest BCUT2D eigenvalue weighted by atomic mass is 9.68. The molecular formula is C28H28N2O2. The summed E-state index contributed by atoms with van der Waals surface area (Å²) in [6.07, 6.45) is 3.96. The third-order valence-electron chi connectivity index (χ3n) is 7.86. The van der Waals surface area contributed by atoms with E-state index < -0.39 is 0 Å². The van der Waals surface area contributed by atoms with Gasteiger partial charge in [0, 0.05) is 11.3 Å². The zero-order valence-corrected chi connectivity index (χ0v) is 18.3. The van der Waals surface area contributed by atoms with Gasteiger partial charge in [-0.25, -0.2) is 0 Å². The van der Waals surface area contributed by atoms with Gasteiger partial charge in [0.1, 0.15) is 5.75 Å². The van der Waals surface area contributed by atoms with E-state index in [-0.39, 0.29) is 5.91 Å². The second-order valence-electron chi connectivity index (χ2n) is 9.43. The van der Waals surface area contributed by atoms with Crippen molar-refractivity contribution >= 4 is 17.3 Å². The Kier molecular flexibility index (Phi) is 4.67. The first kappa shape index (κ1) is 19.4. The molecule has 162 valence electrons. The molecule has 2 aliphatic carbocycles. The van der Waals surface area contributed by atoms with E-state index in [9.17, 15) is 4.79 Å². The van der Waals surface area contributed by atoms with Crippen molar-refractivity contribution in [3.63, 3.8) is 0 Å². The van der Waals surface area contributed by atoms with Gasteiger partial charge in [0.2, 0.25) is 0 Å². The fourth-order valence-corrected chi connectivity index (χ4v) is 6.56. The Bertz CT molecular complexity index is 1160. The Morgan fingerprint density at radius 2 is 1.75 bits per heavy atom. The number of para-hydroxylation sites is 2. The molecule has 2 fully saturated rings. The molecule has 3 aromatic carbocycles. The van der Waals surface area contributed by atoms with Gasteiger partial charge >= 0.3 is 0 Å². The van der Waals surface area contributed by atoms with Crippen molar-refractivity contribution < 1.29 is 9.53 Å². The average Bonchev–Trinajstić information content (AvgIpc) is 3.47. The molecule has 0 spiro atoms. The molecule has 3 aliphatic rings. The van der Waals surface area contributed by atoms with Crippen LogP contribution in [-0.4, -0.2) is 13.0 Å². The van der Waals surface area contributed by atoms with E-state index >= 15 is 0 Å². The minimum absolute atomic E-state index is 0.0952. The zero-order chi connectivity index (χ0) is 21.7. The standard InChI is InChI=1S/C28H28N2O2/c1-32-24-10-6-5-9-23(24)30-28(31)20-13-14-22-21(16-20)25-18-11-12-19(15-18)26(25)27(29-22)17-7-3-2-4-8-17/h2-10,13-14,16,18-19,25-27,29H,11-12,15H2,1H3,(H,30,31)/t18-,19-,25-,26+,27-/m0/s1. The molecule has 3 aromatic rings. The van der Waals surface area contributed by atoms with Crippen molar-refractivity contribution in [3.8, 4) is 5.75 Å². The van der Waals surface area contributed by atoms with Gasteiger partial charge in [0.25, 0.3) is 5.91 Å². The van der Waals surface area contributed by atoms with Crippen LogP contribution in [0.25, 0.3) is 0 Å². The quantitative estimate of drug-likeness (QED) is 0.521. The zero-order valence-electron chi connectivity index (χ0n) is 18.3. The Balaban J connectivity index is 1.35. The number of rotatable bonds is 4. The maximum Gasteiger partial charge on any atom is 0.255 e. The highest BCUT2D eigenvalue weighted by Crippen LogP contribution is 2.63. The molecule has 32 heavy (non-hydrogen) atoms. The largest absolute Gasteiger partial charge is 0.495 e. The first-order chi connectivity index (χ1) is 15.7. The van der Waals surface area contributed by atoms with E-state index in [1.54, 1.807) is 7.11 Å². The number of ether oxygens (including phenoxy) is 1. The minimum Gasteiger partial charge on any atom is -0.495 e. The van der Waals surface area contributed by atoms with Gasteiger partial charge in [0.05, 0.1) is 18.8 Å². The highest BCUT2D eigenvalue weighted by atomic mass is 16.5. The monoisotopic (exact) mass is 424 g/mol. The lowest BCUT2D eigenvalue weighted by Gasteiger charge is -2.43. The fourth-order valence-electron chi connectivity index (χ4n) is 6.56. The normalized spacial score (nSPS) is 27.2. The number of hydrogen-bond acceptors (Lipinski definition) is 3. The topological polar surface area (TPSA) is 50.4 Å². The maximum absolute atomic E-state index is 13.1. The first-order valence-corrected chi connectivity index (χ1v) is 11.6. The van der Waals surface area contributed by atoms with Crippen molar-refractivity contribution in [2.45, 2.75) is 31.2 Å². The van der Waals surface area contributed by atoms with Crippen molar-refractivity contribution in [2.24, 2.45) is 17.8 Å². The molecule has 1 aliphatic heterocycles. The summed E-state index contributed by atoms with van der Waals surface area (Å²) in [5.74, 6) is 3.18. The predicted molar refractivity (Wildman–Crippen MR) is 127 cm³/mol. The molecule has 4 nitrogen and oxygen atoms in total. The van der Waals surface area contributed by atoms with E-state index in [0.29, 0.717) is 34.9 Å². The third kappa shape index (κ3) is 3.09. The van der Waals surface area contributed by atoms with Gasteiger partial charge in [0.15, 0.2) is 0 Å². The minimum atomic E-state index is -0.0952. The summed E-state index contributed by atoms with van der Waals surface area (Å²) in [7, 11) is 1.62. The van der Waals surface area contributed by atoms with Crippen LogP contribution in [0.1, 0.15) is 52.7 Å². The number of anilines is 2. The number of benzene rings is 3. The second-order valence-corrected chi connectivity index (χ2v) is 9.43. The summed E-state index contributed by atoms with van der Waals surface area (Å²) in [5, 5.41) is 6.88. The first-order valence-electron chi connectivity index (χ1n) is 11.6. The predicted octanol–water partition coefficient (Wildman–Crippen LogP) is 6.24. The number of fused-ring (bicyclic) bond motifs is 7. The van der Waals surface area contributed by atoms with Gasteiger partial charge in [-0.05, 0) is 84.4 Å². The van der Waals surface area contributed by atoms with E-state index in [4.69, 9.17) is 4.74 Å². The molecule has 6 rings (SSSR count). The Morgan fingerprint density at radius 3 is 2.59 bits per heavy atom. The van der Waals surface area contributed by atoms with Crippen molar-refractivity contribution in [3.05, 3.63) is 89.5 Å². The van der Waals surface area contributed by atoms with Crippen molar-refractivity contribution in [1.29, 1.82) is 0 Å². The van der Waals surface area contributed by atoms with Crippen LogP contribution in [0.2, 0.25) is 0 Å². The Labute approximate surface area is 189 Å². The number of amides is 1. The summed E-state index contributed by atoms with van der Waals surface area (Å²) >= 11 is 0. The summed E-state index contributed by atoms with van der Waals surface area (Å²) < 4.78 is 5.39. The van der Waals surface area contributed by atoms with Crippen LogP contribution >= 0.6 is 0 Å². The Hall–Kier alpha value is -3.27. The van der Waals surface area contributed by atoms with E-state index in [1.165, 1.54) is 36.1 Å². The third-order valence-corrected chi connectivity index (χ3v) is 7.86. The van der Waals surface area contributed by atoms with Crippen molar-refractivity contribution in [2.75, 3.05) is 17.7 Å². The molecule has 1 heterocycles. The molecule has 2 N–H and O–H groups in total. The fraction of sp³-hybridized carbons (Fsp3) is 0.321. The van der Waals surface area contributed by atoms with Crippen LogP contribution in [-0.2, 0) is 0 Å². The Morgan fingerprint density at radius 1 is 0.969 bits per heavy atom. The van der Waals surface area contributed by atoms with Gasteiger partial charge in [-0.3, -0.25) is 4.79 Å². The summed E-state index contributed by atoms with van der Waals surface area (Å²) in [4.78, 5) is 13.1. The van der Waals surface area contributed by atoms with Gasteiger partial charge < -0.3 is 15.4 Å². The number of methoxy groups -OCH3 is 1. The average molecular weight is 425 g/mol. The molecule has 5 atom stereocenters. The lowest BCUT2D eigenvalue weighted by molar-refractivity contribution is 0.102. The molecule has 2 saturated carbocycles. The molecule has 4 heteroatoms. The van der Waals surface area contributed by atoms with Crippen LogP contribution in [0.5, 0.6) is 5.75 Å². The smallest absolute Gasteiger partial charge is 0.255 e. The molecule has 0 aromatic heterocycles. The summed E-state index contributed by atoms with van der Waals surface area (Å²) in [6.45, 7) is 0. The van der Waals surface area contributed by atoms with E-state index in [1.807, 2.05) is 30.3 Å². The van der Waals surface area contributed by atoms with Gasteiger partial charge in [-0.15, -0.1) is 0 Å². The highest BCUT2D eigenvalue weighted by molar-refractivity contribution is 6.05. The number of carbonyl (C=O) groups excluding carboxylic acids is 1. The molecule has 0 saturated heterocycles. The van der Waals surface area contributed by atoms with Gasteiger partial charge in [-0.2, -0.15) is 0 Å². The number of hydrogen-bond donors (Lipinski definition) is 2. The van der Waals surface area contributed by atoms with Crippen LogP contribution in [0.3, 0.4) is 0 Å². The molecule has 2 bridgehead atoms.